The Bertz CT molecular complexity index is 1190. The van der Waals surface area contributed by atoms with Crippen molar-refractivity contribution >= 4 is 33.5 Å². The van der Waals surface area contributed by atoms with Gasteiger partial charge in [0.2, 0.25) is 0 Å². The maximum Gasteiger partial charge on any atom is 0.174 e. The molecular weight excluding hydrogens is 435 g/mol. The van der Waals surface area contributed by atoms with E-state index in [1.54, 1.807) is 6.07 Å². The molecule has 32 heavy (non-hydrogen) atoms. The van der Waals surface area contributed by atoms with Gasteiger partial charge in [-0.2, -0.15) is 0 Å². The molecule has 8 heteroatoms. The topological polar surface area (TPSA) is 92.5 Å². The fourth-order valence-electron chi connectivity index (χ4n) is 3.57. The maximum atomic E-state index is 12.6. The lowest BCUT2D eigenvalue weighted by molar-refractivity contribution is 0.406. The van der Waals surface area contributed by atoms with E-state index in [0.29, 0.717) is 28.7 Å². The summed E-state index contributed by atoms with van der Waals surface area (Å²) >= 11 is 5.87. The lowest BCUT2D eigenvalue weighted by Crippen LogP contribution is -1.87. The van der Waals surface area contributed by atoms with E-state index in [4.69, 9.17) is 20.6 Å². The first kappa shape index (κ1) is 25.5. The highest BCUT2D eigenvalue weighted by molar-refractivity contribution is 6.33. The van der Waals surface area contributed by atoms with Crippen molar-refractivity contribution in [3.8, 4) is 11.5 Å². The Hall–Kier alpha value is -2.80. The number of fused-ring (bicyclic) bond motifs is 2. The summed E-state index contributed by atoms with van der Waals surface area (Å²) in [5.41, 5.74) is 3.82. The van der Waals surface area contributed by atoms with Crippen LogP contribution >= 0.6 is 11.6 Å². The van der Waals surface area contributed by atoms with E-state index in [-0.39, 0.29) is 23.9 Å². The first-order valence-corrected chi connectivity index (χ1v) is 10.8. The summed E-state index contributed by atoms with van der Waals surface area (Å²) in [5.74, 6) is 0.306. The fourth-order valence-corrected chi connectivity index (χ4v) is 3.79. The van der Waals surface area contributed by atoms with E-state index < -0.39 is 6.67 Å². The van der Waals surface area contributed by atoms with Gasteiger partial charge in [-0.1, -0.05) is 63.0 Å². The molecule has 2 heterocycles. The molecule has 0 saturated heterocycles. The Labute approximate surface area is 192 Å². The highest BCUT2D eigenvalue weighted by atomic mass is 35.5. The average molecular weight is 465 g/mol. The number of phenols is 2. The number of hydrogen-bond donors (Lipinski definition) is 2. The number of hydrogen-bond acceptors (Lipinski definition) is 6. The zero-order valence-electron chi connectivity index (χ0n) is 17.8. The minimum absolute atomic E-state index is 0. The molecule has 0 bridgehead atoms. The van der Waals surface area contributed by atoms with Gasteiger partial charge in [-0.25, -0.2) is 4.39 Å². The van der Waals surface area contributed by atoms with Gasteiger partial charge in [0.15, 0.2) is 11.2 Å². The van der Waals surface area contributed by atoms with Crippen molar-refractivity contribution < 1.29 is 23.6 Å². The molecule has 0 aliphatic heterocycles. The number of aromatic hydroxyl groups is 2. The number of aryl methyl sites for hydroxylation is 3. The van der Waals surface area contributed by atoms with Crippen LogP contribution in [0.3, 0.4) is 0 Å². The van der Waals surface area contributed by atoms with Crippen molar-refractivity contribution in [1.82, 2.24) is 10.3 Å². The van der Waals surface area contributed by atoms with Crippen molar-refractivity contribution in [1.29, 1.82) is 0 Å². The van der Waals surface area contributed by atoms with Gasteiger partial charge >= 0.3 is 0 Å². The third kappa shape index (κ3) is 4.83. The molecule has 0 fully saturated rings. The second kappa shape index (κ2) is 11.2. The maximum absolute atomic E-state index is 12.6. The number of benzene rings is 2. The van der Waals surface area contributed by atoms with E-state index in [9.17, 15) is 14.6 Å². The molecule has 0 atom stereocenters. The minimum Gasteiger partial charge on any atom is -0.508 e. The van der Waals surface area contributed by atoms with Crippen LogP contribution in [0.2, 0.25) is 5.02 Å². The van der Waals surface area contributed by atoms with Crippen molar-refractivity contribution in [2.24, 2.45) is 0 Å². The lowest BCUT2D eigenvalue weighted by atomic mass is 10.0. The molecule has 0 aliphatic carbocycles. The standard InChI is InChI=1S/C12H15NO2.C11H11ClFNO2.CH4/c1-3-5-9-11(14)7-6-8-10(4-2)13-15-12(8)9;1-2-3-6-10(15)8(12)4-7-9(5-13)14-16-11(6)7;/h6-7,14H,3-5H2,1-2H3;4,15H,2-3,5H2,1H3;1H4. The van der Waals surface area contributed by atoms with Crippen molar-refractivity contribution in [3.63, 3.8) is 0 Å². The molecule has 0 aliphatic rings. The van der Waals surface area contributed by atoms with E-state index in [0.717, 1.165) is 47.9 Å². The van der Waals surface area contributed by atoms with Crippen LogP contribution in [0.4, 0.5) is 4.39 Å². The second-order valence-corrected chi connectivity index (χ2v) is 7.66. The van der Waals surface area contributed by atoms with Crippen molar-refractivity contribution in [2.75, 3.05) is 0 Å². The summed E-state index contributed by atoms with van der Waals surface area (Å²) in [6, 6.07) is 5.08. The van der Waals surface area contributed by atoms with Gasteiger partial charge in [-0.3, -0.25) is 0 Å². The number of rotatable bonds is 6. The first-order chi connectivity index (χ1) is 15.0. The quantitative estimate of drug-likeness (QED) is 0.311. The van der Waals surface area contributed by atoms with Crippen LogP contribution < -0.4 is 0 Å². The summed E-state index contributed by atoms with van der Waals surface area (Å²) < 4.78 is 23.0. The molecule has 174 valence electrons. The van der Waals surface area contributed by atoms with Gasteiger partial charge in [0.05, 0.1) is 10.7 Å². The van der Waals surface area contributed by atoms with Gasteiger partial charge in [0, 0.05) is 21.9 Å². The van der Waals surface area contributed by atoms with Gasteiger partial charge in [-0.15, -0.1) is 0 Å². The van der Waals surface area contributed by atoms with Crippen LogP contribution in [-0.2, 0) is 25.9 Å². The summed E-state index contributed by atoms with van der Waals surface area (Å²) in [7, 11) is 0. The number of halogens is 2. The molecule has 6 nitrogen and oxygen atoms in total. The van der Waals surface area contributed by atoms with Gasteiger partial charge < -0.3 is 19.3 Å². The second-order valence-electron chi connectivity index (χ2n) is 7.25. The van der Waals surface area contributed by atoms with Crippen molar-refractivity contribution in [2.45, 2.75) is 67.0 Å². The van der Waals surface area contributed by atoms with E-state index in [1.165, 1.54) is 6.07 Å². The SMILES string of the molecule is C.CCCc1c(O)c(Cl)cc2c(CF)noc12.CCCc1c(O)ccc2c(CC)noc12. The van der Waals surface area contributed by atoms with Crippen LogP contribution in [0.1, 0.15) is 63.6 Å². The van der Waals surface area contributed by atoms with E-state index in [1.807, 2.05) is 19.9 Å². The minimum atomic E-state index is -0.709. The summed E-state index contributed by atoms with van der Waals surface area (Å²) in [6.07, 6.45) is 4.10. The van der Waals surface area contributed by atoms with Crippen LogP contribution in [0, 0.1) is 0 Å². The van der Waals surface area contributed by atoms with Gasteiger partial charge in [-0.05, 0) is 37.5 Å². The Morgan fingerprint density at radius 2 is 1.50 bits per heavy atom. The van der Waals surface area contributed by atoms with Gasteiger partial charge in [0.1, 0.15) is 23.9 Å². The van der Waals surface area contributed by atoms with Crippen LogP contribution in [0.15, 0.2) is 27.2 Å². The Morgan fingerprint density at radius 1 is 0.906 bits per heavy atom. The highest BCUT2D eigenvalue weighted by Crippen LogP contribution is 2.37. The zero-order valence-corrected chi connectivity index (χ0v) is 18.6. The van der Waals surface area contributed by atoms with Crippen LogP contribution in [-0.4, -0.2) is 20.5 Å². The molecule has 0 amide bonds. The molecule has 2 aromatic heterocycles. The molecule has 0 spiro atoms. The molecule has 0 saturated carbocycles. The van der Waals surface area contributed by atoms with Crippen molar-refractivity contribution in [3.05, 3.63) is 45.7 Å². The highest BCUT2D eigenvalue weighted by Gasteiger charge is 2.18. The predicted molar refractivity (Wildman–Crippen MR) is 125 cm³/mol. The third-order valence-electron chi connectivity index (χ3n) is 5.12. The molecule has 4 aromatic rings. The summed E-state index contributed by atoms with van der Waals surface area (Å²) in [5, 5.41) is 28.9. The fraction of sp³-hybridized carbons (Fsp3) is 0.417. The number of phenolic OH excluding ortho intramolecular Hbond substituents is 2. The van der Waals surface area contributed by atoms with Gasteiger partial charge in [0.25, 0.3) is 0 Å². The van der Waals surface area contributed by atoms with E-state index >= 15 is 0 Å². The smallest absolute Gasteiger partial charge is 0.174 e. The van der Waals surface area contributed by atoms with E-state index in [2.05, 4.69) is 17.2 Å². The number of aromatic nitrogens is 2. The Balaban J connectivity index is 0.000000220. The molecule has 2 N–H and O–H groups in total. The zero-order chi connectivity index (χ0) is 22.5. The van der Waals surface area contributed by atoms with Crippen LogP contribution in [0.25, 0.3) is 21.9 Å². The monoisotopic (exact) mass is 464 g/mol. The summed E-state index contributed by atoms with van der Waals surface area (Å²) in [4.78, 5) is 0. The normalized spacial score (nSPS) is 10.8. The average Bonchev–Trinajstić information content (AvgIpc) is 3.37. The Kier molecular flexibility index (Phi) is 8.89. The molecule has 0 radical (unpaired) electrons. The first-order valence-electron chi connectivity index (χ1n) is 10.4. The third-order valence-corrected chi connectivity index (χ3v) is 5.40. The Morgan fingerprint density at radius 3 is 2.09 bits per heavy atom. The predicted octanol–water partition coefficient (Wildman–Crippen LogP) is 7.29. The lowest BCUT2D eigenvalue weighted by Gasteiger charge is -2.05. The summed E-state index contributed by atoms with van der Waals surface area (Å²) in [6.45, 7) is 5.39. The number of alkyl halides is 1. The van der Waals surface area contributed by atoms with Crippen LogP contribution in [0.5, 0.6) is 11.5 Å². The molecule has 0 unspecified atom stereocenters. The largest absolute Gasteiger partial charge is 0.508 e. The molecular formula is C24H30ClFN2O4. The molecule has 2 aromatic carbocycles. The molecule has 4 rings (SSSR count). The number of nitrogens with zero attached hydrogens (tertiary/aromatic N) is 2.